The molecule has 53 heavy (non-hydrogen) atoms. The summed E-state index contributed by atoms with van der Waals surface area (Å²) >= 11 is 1.51. The SMILES string of the molecule is COc1ccc(CN2CCCC/C=C\C3CC3(C(=O)O)NC(=O)C3CC(Oc4cc(-c5nc(C(C)C)cs5)nc5cc(OC)ccc45)CN3C2=O)cc1. The monoisotopic (exact) mass is 739 g/mol. The molecule has 2 N–H and O–H groups in total. The van der Waals surface area contributed by atoms with E-state index in [2.05, 4.69) is 19.2 Å². The summed E-state index contributed by atoms with van der Waals surface area (Å²) in [6, 6.07) is 13.8. The Morgan fingerprint density at radius 2 is 1.83 bits per heavy atom. The number of nitrogens with one attached hydrogen (secondary N) is 1. The van der Waals surface area contributed by atoms with Gasteiger partial charge in [-0.1, -0.05) is 38.1 Å². The van der Waals surface area contributed by atoms with Crippen LogP contribution in [0.4, 0.5) is 4.79 Å². The van der Waals surface area contributed by atoms with E-state index in [9.17, 15) is 19.5 Å². The van der Waals surface area contributed by atoms with Crippen molar-refractivity contribution < 1.29 is 33.7 Å². The van der Waals surface area contributed by atoms with Crippen LogP contribution in [0, 0.1) is 5.92 Å². The van der Waals surface area contributed by atoms with Gasteiger partial charge in [-0.15, -0.1) is 11.3 Å². The fraction of sp³-hybridized carbons (Fsp3) is 0.425. The van der Waals surface area contributed by atoms with Crippen molar-refractivity contribution in [3.8, 4) is 28.0 Å². The average molecular weight is 740 g/mol. The van der Waals surface area contributed by atoms with Gasteiger partial charge < -0.3 is 34.4 Å². The number of ether oxygens (including phenoxy) is 3. The number of carboxylic acid groups (broad SMARTS) is 1. The van der Waals surface area contributed by atoms with Crippen LogP contribution in [-0.2, 0) is 16.1 Å². The maximum absolute atomic E-state index is 14.6. The first-order chi connectivity index (χ1) is 25.6. The summed E-state index contributed by atoms with van der Waals surface area (Å²) < 4.78 is 17.6. The smallest absolute Gasteiger partial charge is 0.330 e. The molecule has 2 fully saturated rings. The van der Waals surface area contributed by atoms with E-state index in [1.807, 2.05) is 66.1 Å². The summed E-state index contributed by atoms with van der Waals surface area (Å²) in [6.45, 7) is 5.14. The molecule has 2 aliphatic heterocycles. The van der Waals surface area contributed by atoms with E-state index >= 15 is 0 Å². The molecule has 12 nitrogen and oxygen atoms in total. The van der Waals surface area contributed by atoms with E-state index in [-0.39, 0.29) is 30.8 Å². The third-order valence-electron chi connectivity index (χ3n) is 10.4. The lowest BCUT2D eigenvalue weighted by atomic mass is 10.1. The van der Waals surface area contributed by atoms with E-state index in [0.717, 1.165) is 46.7 Å². The Labute approximate surface area is 312 Å². The number of aromatic nitrogens is 2. The number of carboxylic acids is 1. The quantitative estimate of drug-likeness (QED) is 0.181. The molecule has 4 unspecified atom stereocenters. The Kier molecular flexibility index (Phi) is 10.3. The number of amides is 3. The zero-order valence-corrected chi connectivity index (χ0v) is 31.2. The molecule has 2 aromatic heterocycles. The first-order valence-electron chi connectivity index (χ1n) is 18.1. The van der Waals surface area contributed by atoms with Crippen LogP contribution in [-0.4, -0.2) is 87.8 Å². The number of benzene rings is 2. The third-order valence-corrected chi connectivity index (χ3v) is 11.3. The molecular formula is C40H45N5O7S. The number of fused-ring (bicyclic) bond motifs is 3. The fourth-order valence-electron chi connectivity index (χ4n) is 7.17. The van der Waals surface area contributed by atoms with Gasteiger partial charge in [-0.05, 0) is 61.4 Å². The fourth-order valence-corrected chi connectivity index (χ4v) is 8.11. The van der Waals surface area contributed by atoms with Crippen LogP contribution < -0.4 is 19.5 Å². The van der Waals surface area contributed by atoms with Gasteiger partial charge in [-0.3, -0.25) is 4.79 Å². The minimum absolute atomic E-state index is 0.128. The number of methoxy groups -OCH3 is 2. The molecule has 1 aliphatic carbocycles. The zero-order chi connectivity index (χ0) is 37.3. The topological polar surface area (TPSA) is 143 Å². The normalized spacial score (nSPS) is 23.9. The van der Waals surface area contributed by atoms with Crippen molar-refractivity contribution in [3.63, 3.8) is 0 Å². The summed E-state index contributed by atoms with van der Waals surface area (Å²) in [5.41, 5.74) is 1.80. The zero-order valence-electron chi connectivity index (χ0n) is 30.4. The van der Waals surface area contributed by atoms with Crippen LogP contribution in [0.3, 0.4) is 0 Å². The average Bonchev–Trinajstić information content (AvgIpc) is 3.44. The molecule has 4 aromatic rings. The Morgan fingerprint density at radius 1 is 1.06 bits per heavy atom. The number of pyridine rings is 1. The third kappa shape index (κ3) is 7.53. The van der Waals surface area contributed by atoms with Crippen molar-refractivity contribution in [2.75, 3.05) is 27.3 Å². The second-order valence-corrected chi connectivity index (χ2v) is 15.2. The van der Waals surface area contributed by atoms with Gasteiger partial charge in [-0.2, -0.15) is 0 Å². The van der Waals surface area contributed by atoms with E-state index < -0.39 is 29.6 Å². The number of allylic oxidation sites excluding steroid dienone is 1. The molecule has 3 amide bonds. The lowest BCUT2D eigenvalue weighted by Gasteiger charge is -2.32. The Hall–Kier alpha value is -5.17. The van der Waals surface area contributed by atoms with Crippen molar-refractivity contribution in [1.82, 2.24) is 25.1 Å². The van der Waals surface area contributed by atoms with Crippen LogP contribution in [0.25, 0.3) is 21.6 Å². The molecule has 7 rings (SSSR count). The molecule has 13 heteroatoms. The van der Waals surface area contributed by atoms with E-state index in [4.69, 9.17) is 24.2 Å². The first kappa shape index (κ1) is 36.2. The number of thiazole rings is 1. The molecule has 4 atom stereocenters. The summed E-state index contributed by atoms with van der Waals surface area (Å²) in [5.74, 6) is 0.275. The van der Waals surface area contributed by atoms with Crippen molar-refractivity contribution >= 4 is 40.1 Å². The van der Waals surface area contributed by atoms with Gasteiger partial charge >= 0.3 is 12.0 Å². The minimum Gasteiger partial charge on any atom is -0.497 e. The molecule has 4 heterocycles. The van der Waals surface area contributed by atoms with Crippen LogP contribution in [0.15, 0.2) is 66.1 Å². The number of hydrogen-bond donors (Lipinski definition) is 2. The minimum atomic E-state index is -1.40. The number of aliphatic carboxylic acids is 1. The van der Waals surface area contributed by atoms with E-state index in [1.165, 1.54) is 11.3 Å². The Morgan fingerprint density at radius 3 is 2.55 bits per heavy atom. The summed E-state index contributed by atoms with van der Waals surface area (Å²) in [4.78, 5) is 54.4. The largest absolute Gasteiger partial charge is 0.497 e. The Balaban J connectivity index is 1.23. The molecule has 2 aromatic carbocycles. The maximum Gasteiger partial charge on any atom is 0.330 e. The first-order valence-corrected chi connectivity index (χ1v) is 19.0. The van der Waals surface area contributed by atoms with Crippen molar-refractivity contribution in [2.24, 2.45) is 5.92 Å². The molecule has 3 aliphatic rings. The molecule has 1 saturated carbocycles. The van der Waals surface area contributed by atoms with Crippen LogP contribution >= 0.6 is 11.3 Å². The summed E-state index contributed by atoms with van der Waals surface area (Å²) in [5, 5.41) is 16.6. The van der Waals surface area contributed by atoms with Gasteiger partial charge in [0.1, 0.15) is 45.6 Å². The number of nitrogens with zero attached hydrogens (tertiary/aromatic N) is 4. The molecule has 0 spiro atoms. The maximum atomic E-state index is 14.6. The van der Waals surface area contributed by atoms with E-state index in [0.29, 0.717) is 42.2 Å². The number of rotatable bonds is 9. The van der Waals surface area contributed by atoms with Crippen LogP contribution in [0.1, 0.15) is 63.1 Å². The van der Waals surface area contributed by atoms with Gasteiger partial charge in [0.05, 0.1) is 32.0 Å². The lowest BCUT2D eigenvalue weighted by molar-refractivity contribution is -0.144. The number of carbonyl (C=O) groups is 3. The summed E-state index contributed by atoms with van der Waals surface area (Å²) in [7, 11) is 3.21. The highest BCUT2D eigenvalue weighted by molar-refractivity contribution is 7.13. The second-order valence-electron chi connectivity index (χ2n) is 14.3. The number of urea groups is 1. The summed E-state index contributed by atoms with van der Waals surface area (Å²) in [6.07, 6.45) is 6.13. The predicted molar refractivity (Wildman–Crippen MR) is 201 cm³/mol. The lowest BCUT2D eigenvalue weighted by Crippen LogP contribution is -2.55. The van der Waals surface area contributed by atoms with Crippen LogP contribution in [0.5, 0.6) is 17.2 Å². The molecule has 0 radical (unpaired) electrons. The number of carbonyl (C=O) groups excluding carboxylic acids is 2. The van der Waals surface area contributed by atoms with Gasteiger partial charge in [0.15, 0.2) is 0 Å². The van der Waals surface area contributed by atoms with Gasteiger partial charge in [-0.25, -0.2) is 19.6 Å². The van der Waals surface area contributed by atoms with E-state index in [1.54, 1.807) is 24.0 Å². The van der Waals surface area contributed by atoms with Crippen molar-refractivity contribution in [2.45, 2.75) is 76.1 Å². The highest BCUT2D eigenvalue weighted by Crippen LogP contribution is 2.45. The highest BCUT2D eigenvalue weighted by atomic mass is 32.1. The van der Waals surface area contributed by atoms with Crippen molar-refractivity contribution in [1.29, 1.82) is 0 Å². The Bertz CT molecular complexity index is 2030. The van der Waals surface area contributed by atoms with Crippen LogP contribution in [0.2, 0.25) is 0 Å². The van der Waals surface area contributed by atoms with Gasteiger partial charge in [0.2, 0.25) is 5.91 Å². The number of hydrogen-bond acceptors (Lipinski definition) is 9. The molecular weight excluding hydrogens is 695 g/mol. The molecule has 0 bridgehead atoms. The molecule has 1 saturated heterocycles. The van der Waals surface area contributed by atoms with Gasteiger partial charge in [0.25, 0.3) is 0 Å². The standard InChI is InChI=1S/C40H45N5O7S/c1-24(2)33-23-53-37(42-33)32-19-35(30-15-14-28(51-4)17-31(30)41-32)52-29-18-34-36(46)43-40(38(47)48)20-26(40)9-7-5-6-8-16-44(39(49)45(34)22-29)21-25-10-12-27(50-3)13-11-25/h7,9-15,17,19,23-24,26,29,34H,5-6,8,16,18,20-22H2,1-4H3,(H,43,46)(H,47,48)/b9-7-. The highest BCUT2D eigenvalue weighted by Gasteiger charge is 2.61. The van der Waals surface area contributed by atoms with Gasteiger partial charge in [0, 0.05) is 48.3 Å². The predicted octanol–water partition coefficient (Wildman–Crippen LogP) is 6.64. The molecule has 278 valence electrons. The van der Waals surface area contributed by atoms with Crippen molar-refractivity contribution in [3.05, 3.63) is 77.3 Å². The second kappa shape index (κ2) is 15.1.